The van der Waals surface area contributed by atoms with Crippen LogP contribution in [0.3, 0.4) is 0 Å². The SMILES string of the molecule is O=C(O)C=Cc1ccc(-c2ccnc3[nH]ccc23)cc1. The highest BCUT2D eigenvalue weighted by Gasteiger charge is 2.04. The molecule has 0 radical (unpaired) electrons. The number of aliphatic carboxylic acids is 1. The van der Waals surface area contributed by atoms with Crippen LogP contribution < -0.4 is 0 Å². The van der Waals surface area contributed by atoms with E-state index in [1.54, 1.807) is 12.3 Å². The zero-order valence-corrected chi connectivity index (χ0v) is 10.6. The van der Waals surface area contributed by atoms with Gasteiger partial charge in [-0.2, -0.15) is 0 Å². The van der Waals surface area contributed by atoms with E-state index in [1.165, 1.54) is 0 Å². The molecule has 2 aromatic heterocycles. The van der Waals surface area contributed by atoms with Crippen molar-refractivity contribution >= 4 is 23.1 Å². The van der Waals surface area contributed by atoms with Gasteiger partial charge in [-0.25, -0.2) is 9.78 Å². The number of hydrogen-bond acceptors (Lipinski definition) is 2. The summed E-state index contributed by atoms with van der Waals surface area (Å²) in [5.41, 5.74) is 3.89. The van der Waals surface area contributed by atoms with Crippen molar-refractivity contribution in [1.82, 2.24) is 9.97 Å². The zero-order chi connectivity index (χ0) is 13.9. The van der Waals surface area contributed by atoms with Crippen LogP contribution >= 0.6 is 0 Å². The standard InChI is InChI=1S/C16H12N2O2/c19-15(20)6-3-11-1-4-12(5-2-11)13-7-9-17-16-14(13)8-10-18-16/h1-10H,(H,17,18)(H,19,20). The maximum Gasteiger partial charge on any atom is 0.328 e. The van der Waals surface area contributed by atoms with Gasteiger partial charge in [-0.15, -0.1) is 0 Å². The normalized spacial score (nSPS) is 11.2. The number of carboxylic acid groups (broad SMARTS) is 1. The second-order valence-electron chi connectivity index (χ2n) is 4.39. The summed E-state index contributed by atoms with van der Waals surface area (Å²) in [5, 5.41) is 9.68. The molecule has 0 saturated heterocycles. The van der Waals surface area contributed by atoms with E-state index in [1.807, 2.05) is 42.6 Å². The Labute approximate surface area is 115 Å². The number of aromatic amines is 1. The van der Waals surface area contributed by atoms with Crippen molar-refractivity contribution in [3.63, 3.8) is 0 Å². The average Bonchev–Trinajstić information content (AvgIpc) is 2.94. The fraction of sp³-hybridized carbons (Fsp3) is 0. The number of rotatable bonds is 3. The first-order valence-corrected chi connectivity index (χ1v) is 6.17. The molecule has 0 spiro atoms. The Balaban J connectivity index is 1.99. The van der Waals surface area contributed by atoms with Crippen molar-refractivity contribution in [2.45, 2.75) is 0 Å². The van der Waals surface area contributed by atoms with E-state index in [4.69, 9.17) is 5.11 Å². The van der Waals surface area contributed by atoms with Crippen molar-refractivity contribution in [2.24, 2.45) is 0 Å². The fourth-order valence-electron chi connectivity index (χ4n) is 2.15. The van der Waals surface area contributed by atoms with E-state index in [9.17, 15) is 4.79 Å². The van der Waals surface area contributed by atoms with Gasteiger partial charge in [-0.1, -0.05) is 24.3 Å². The molecule has 4 heteroatoms. The van der Waals surface area contributed by atoms with Gasteiger partial charge in [-0.3, -0.25) is 0 Å². The number of nitrogens with one attached hydrogen (secondary N) is 1. The quantitative estimate of drug-likeness (QED) is 0.713. The molecule has 0 unspecified atom stereocenters. The van der Waals surface area contributed by atoms with Gasteiger partial charge in [-0.05, 0) is 34.9 Å². The second-order valence-corrected chi connectivity index (χ2v) is 4.39. The number of H-pyrrole nitrogens is 1. The summed E-state index contributed by atoms with van der Waals surface area (Å²) < 4.78 is 0. The number of benzene rings is 1. The second kappa shape index (κ2) is 5.01. The number of fused-ring (bicyclic) bond motifs is 1. The predicted octanol–water partition coefficient (Wildman–Crippen LogP) is 3.33. The molecule has 3 aromatic rings. The van der Waals surface area contributed by atoms with Crippen LogP contribution in [-0.4, -0.2) is 21.0 Å². The largest absolute Gasteiger partial charge is 0.478 e. The maximum absolute atomic E-state index is 10.5. The molecule has 20 heavy (non-hydrogen) atoms. The summed E-state index contributed by atoms with van der Waals surface area (Å²) in [4.78, 5) is 17.8. The Morgan fingerprint density at radius 1 is 1.15 bits per heavy atom. The van der Waals surface area contributed by atoms with Crippen molar-refractivity contribution < 1.29 is 9.90 Å². The Morgan fingerprint density at radius 3 is 2.70 bits per heavy atom. The van der Waals surface area contributed by atoms with Gasteiger partial charge < -0.3 is 10.1 Å². The van der Waals surface area contributed by atoms with Gasteiger partial charge in [0.25, 0.3) is 0 Å². The Hall–Kier alpha value is -2.88. The summed E-state index contributed by atoms with van der Waals surface area (Å²) in [6.07, 6.45) is 6.34. The minimum Gasteiger partial charge on any atom is -0.478 e. The lowest BCUT2D eigenvalue weighted by Gasteiger charge is -2.03. The molecule has 0 aliphatic rings. The van der Waals surface area contributed by atoms with Gasteiger partial charge >= 0.3 is 5.97 Å². The van der Waals surface area contributed by atoms with E-state index >= 15 is 0 Å². The monoisotopic (exact) mass is 264 g/mol. The van der Waals surface area contributed by atoms with Crippen LogP contribution in [0.2, 0.25) is 0 Å². The van der Waals surface area contributed by atoms with Gasteiger partial charge in [0.2, 0.25) is 0 Å². The van der Waals surface area contributed by atoms with Crippen LogP contribution in [0.5, 0.6) is 0 Å². The molecule has 4 nitrogen and oxygen atoms in total. The molecule has 0 amide bonds. The summed E-state index contributed by atoms with van der Waals surface area (Å²) >= 11 is 0. The van der Waals surface area contributed by atoms with Crippen molar-refractivity contribution in [1.29, 1.82) is 0 Å². The third-order valence-corrected chi connectivity index (χ3v) is 3.10. The lowest BCUT2D eigenvalue weighted by atomic mass is 10.0. The van der Waals surface area contributed by atoms with Crippen LogP contribution in [0.25, 0.3) is 28.2 Å². The highest BCUT2D eigenvalue weighted by Crippen LogP contribution is 2.27. The Morgan fingerprint density at radius 2 is 1.95 bits per heavy atom. The summed E-state index contributed by atoms with van der Waals surface area (Å²) in [5.74, 6) is -0.947. The molecule has 2 N–H and O–H groups in total. The highest BCUT2D eigenvalue weighted by atomic mass is 16.4. The fourth-order valence-corrected chi connectivity index (χ4v) is 2.15. The minimum absolute atomic E-state index is 0.857. The molecule has 0 bridgehead atoms. The van der Waals surface area contributed by atoms with Crippen LogP contribution in [0, 0.1) is 0 Å². The molecule has 1 aromatic carbocycles. The molecule has 98 valence electrons. The lowest BCUT2D eigenvalue weighted by Crippen LogP contribution is -1.86. The molecule has 0 aliphatic carbocycles. The molecule has 0 atom stereocenters. The zero-order valence-electron chi connectivity index (χ0n) is 10.6. The number of carboxylic acids is 1. The van der Waals surface area contributed by atoms with Crippen LogP contribution in [-0.2, 0) is 4.79 Å². The van der Waals surface area contributed by atoms with Crippen LogP contribution in [0.4, 0.5) is 0 Å². The van der Waals surface area contributed by atoms with E-state index in [2.05, 4.69) is 9.97 Å². The van der Waals surface area contributed by atoms with Crippen LogP contribution in [0.15, 0.2) is 54.9 Å². The van der Waals surface area contributed by atoms with E-state index in [0.717, 1.165) is 33.8 Å². The molecular weight excluding hydrogens is 252 g/mol. The van der Waals surface area contributed by atoms with Gasteiger partial charge in [0, 0.05) is 23.9 Å². The van der Waals surface area contributed by atoms with Gasteiger partial charge in [0.15, 0.2) is 0 Å². The highest BCUT2D eigenvalue weighted by molar-refractivity contribution is 5.93. The minimum atomic E-state index is -0.947. The Bertz CT molecular complexity index is 786. The predicted molar refractivity (Wildman–Crippen MR) is 78.2 cm³/mol. The van der Waals surface area contributed by atoms with Crippen LogP contribution in [0.1, 0.15) is 5.56 Å². The molecule has 0 fully saturated rings. The molecule has 0 saturated carbocycles. The third kappa shape index (κ3) is 2.31. The topological polar surface area (TPSA) is 66.0 Å². The molecule has 0 aliphatic heterocycles. The molecular formula is C16H12N2O2. The first-order chi connectivity index (χ1) is 9.74. The number of aromatic nitrogens is 2. The summed E-state index contributed by atoms with van der Waals surface area (Å²) in [6, 6.07) is 11.7. The number of nitrogens with zero attached hydrogens (tertiary/aromatic N) is 1. The lowest BCUT2D eigenvalue weighted by molar-refractivity contribution is -0.131. The Kier molecular flexibility index (Phi) is 3.05. The first kappa shape index (κ1) is 12.2. The smallest absolute Gasteiger partial charge is 0.328 e. The third-order valence-electron chi connectivity index (χ3n) is 3.10. The summed E-state index contributed by atoms with van der Waals surface area (Å²) in [6.45, 7) is 0. The van der Waals surface area contributed by atoms with Gasteiger partial charge in [0.05, 0.1) is 0 Å². The van der Waals surface area contributed by atoms with E-state index in [-0.39, 0.29) is 0 Å². The number of carbonyl (C=O) groups is 1. The maximum atomic E-state index is 10.5. The first-order valence-electron chi connectivity index (χ1n) is 6.17. The molecule has 2 heterocycles. The van der Waals surface area contributed by atoms with E-state index in [0.29, 0.717) is 0 Å². The van der Waals surface area contributed by atoms with Crippen molar-refractivity contribution in [3.05, 3.63) is 60.4 Å². The van der Waals surface area contributed by atoms with Crippen molar-refractivity contribution in [3.8, 4) is 11.1 Å². The number of pyridine rings is 1. The molecule has 3 rings (SSSR count). The van der Waals surface area contributed by atoms with Crippen molar-refractivity contribution in [2.75, 3.05) is 0 Å². The number of hydrogen-bond donors (Lipinski definition) is 2. The van der Waals surface area contributed by atoms with E-state index < -0.39 is 5.97 Å². The summed E-state index contributed by atoms with van der Waals surface area (Å²) in [7, 11) is 0. The average molecular weight is 264 g/mol. The van der Waals surface area contributed by atoms with Gasteiger partial charge in [0.1, 0.15) is 5.65 Å².